The summed E-state index contributed by atoms with van der Waals surface area (Å²) in [4.78, 5) is 4.61. The molecule has 0 bridgehead atoms. The topological polar surface area (TPSA) is 70.8 Å². The summed E-state index contributed by atoms with van der Waals surface area (Å²) in [5.41, 5.74) is 5.23. The average molecular weight is 440 g/mol. The number of thioether (sulfide) groups is 1. The number of nitrogens with two attached hydrogens (primary N) is 1. The van der Waals surface area contributed by atoms with E-state index in [2.05, 4.69) is 16.5 Å². The molecule has 0 saturated heterocycles. The van der Waals surface area contributed by atoms with Crippen LogP contribution in [0.15, 0.2) is 0 Å². The summed E-state index contributed by atoms with van der Waals surface area (Å²) in [7, 11) is -2.52. The molecule has 1 unspecified atom stereocenters. The zero-order valence-electron chi connectivity index (χ0n) is 18.3. The third kappa shape index (κ3) is 24.5. The van der Waals surface area contributed by atoms with Gasteiger partial charge in [0.1, 0.15) is 0 Å². The summed E-state index contributed by atoms with van der Waals surface area (Å²) in [5.74, 6) is 2.25. The highest BCUT2D eigenvalue weighted by Crippen LogP contribution is 2.24. The Bertz CT molecular complexity index is 325. The van der Waals surface area contributed by atoms with Crippen molar-refractivity contribution in [3.63, 3.8) is 0 Å². The molecule has 0 rings (SSSR count). The third-order valence-electron chi connectivity index (χ3n) is 4.62. The van der Waals surface area contributed by atoms with E-state index >= 15 is 0 Å². The molecule has 28 heavy (non-hydrogen) atoms. The Morgan fingerprint density at radius 3 is 1.75 bits per heavy atom. The normalized spacial score (nSPS) is 12.5. The van der Waals surface area contributed by atoms with Crippen molar-refractivity contribution < 1.29 is 18.7 Å². The summed E-state index contributed by atoms with van der Waals surface area (Å²) in [6, 6.07) is 0. The van der Waals surface area contributed by atoms with Gasteiger partial charge in [-0.15, -0.1) is 0 Å². The molecule has 0 aliphatic heterocycles. The molecule has 0 aliphatic rings. The first-order chi connectivity index (χ1) is 13.8. The molecule has 0 radical (unpaired) electrons. The van der Waals surface area contributed by atoms with Crippen LogP contribution in [0.2, 0.25) is 0 Å². The fourth-order valence-electron chi connectivity index (χ4n) is 2.98. The lowest BCUT2D eigenvalue weighted by molar-refractivity contribution is -0.206. The number of rotatable bonds is 24. The quantitative estimate of drug-likeness (QED) is 0.0763. The SMILES string of the molecule is CCCCCCCCCCCCCCCCSCCCO[PH](=O)OOCCN. The van der Waals surface area contributed by atoms with E-state index in [-0.39, 0.29) is 6.61 Å². The molecule has 0 spiro atoms. The van der Waals surface area contributed by atoms with Crippen LogP contribution in [0.25, 0.3) is 0 Å². The van der Waals surface area contributed by atoms with E-state index in [1.54, 1.807) is 0 Å². The van der Waals surface area contributed by atoms with Gasteiger partial charge in [0.05, 0.1) is 13.2 Å². The Morgan fingerprint density at radius 2 is 1.21 bits per heavy atom. The lowest BCUT2D eigenvalue weighted by Crippen LogP contribution is -2.07. The molecular weight excluding hydrogens is 393 g/mol. The zero-order chi connectivity index (χ0) is 20.5. The predicted octanol–water partition coefficient (Wildman–Crippen LogP) is 6.90. The first-order valence-electron chi connectivity index (χ1n) is 11.5. The van der Waals surface area contributed by atoms with Gasteiger partial charge in [-0.1, -0.05) is 90.4 Å². The number of unbranched alkanes of at least 4 members (excludes halogenated alkanes) is 13. The van der Waals surface area contributed by atoms with Crippen LogP contribution < -0.4 is 5.73 Å². The first kappa shape index (κ1) is 28.4. The van der Waals surface area contributed by atoms with Crippen molar-refractivity contribution in [3.8, 4) is 0 Å². The first-order valence-corrected chi connectivity index (χ1v) is 13.9. The van der Waals surface area contributed by atoms with Crippen molar-refractivity contribution in [1.29, 1.82) is 0 Å². The Kier molecular flexibility index (Phi) is 25.8. The second kappa shape index (κ2) is 25.5. The highest BCUT2D eigenvalue weighted by atomic mass is 32.2. The second-order valence-corrected chi connectivity index (χ2v) is 9.53. The van der Waals surface area contributed by atoms with Crippen LogP contribution in [0.4, 0.5) is 0 Å². The van der Waals surface area contributed by atoms with E-state index in [4.69, 9.17) is 10.3 Å². The van der Waals surface area contributed by atoms with Gasteiger partial charge in [0.15, 0.2) is 0 Å². The van der Waals surface area contributed by atoms with E-state index in [0.29, 0.717) is 13.2 Å². The van der Waals surface area contributed by atoms with Gasteiger partial charge in [0.25, 0.3) is 0 Å². The molecule has 7 heteroatoms. The van der Waals surface area contributed by atoms with Gasteiger partial charge in [0, 0.05) is 6.54 Å². The van der Waals surface area contributed by atoms with Crippen molar-refractivity contribution in [2.24, 2.45) is 5.73 Å². The molecule has 1 atom stereocenters. The molecule has 0 aromatic rings. The van der Waals surface area contributed by atoms with Crippen molar-refractivity contribution in [2.75, 3.05) is 31.3 Å². The van der Waals surface area contributed by atoms with Gasteiger partial charge < -0.3 is 10.3 Å². The van der Waals surface area contributed by atoms with E-state index in [0.717, 1.165) is 12.2 Å². The monoisotopic (exact) mass is 439 g/mol. The smallest absolute Gasteiger partial charge is 0.328 e. The lowest BCUT2D eigenvalue weighted by Gasteiger charge is -2.05. The summed E-state index contributed by atoms with van der Waals surface area (Å²) in [6.45, 7) is 3.30. The minimum Gasteiger partial charge on any atom is -0.328 e. The number of hydrogen-bond acceptors (Lipinski definition) is 6. The Balaban J connectivity index is 3.06. The van der Waals surface area contributed by atoms with E-state index < -0.39 is 8.25 Å². The molecule has 170 valence electrons. The maximum absolute atomic E-state index is 11.3. The van der Waals surface area contributed by atoms with Crippen LogP contribution in [0, 0.1) is 0 Å². The van der Waals surface area contributed by atoms with Crippen molar-refractivity contribution in [1.82, 2.24) is 0 Å². The molecular formula is C21H46NO4PS. The summed E-state index contributed by atoms with van der Waals surface area (Å²) >= 11 is 1.95. The van der Waals surface area contributed by atoms with E-state index in [9.17, 15) is 4.57 Å². The zero-order valence-corrected chi connectivity index (χ0v) is 20.1. The summed E-state index contributed by atoms with van der Waals surface area (Å²) < 4.78 is 20.9. The van der Waals surface area contributed by atoms with Crippen LogP contribution in [-0.2, 0) is 18.7 Å². The molecule has 0 amide bonds. The van der Waals surface area contributed by atoms with Crippen molar-refractivity contribution in [3.05, 3.63) is 0 Å². The fourth-order valence-corrected chi connectivity index (χ4v) is 4.45. The minimum atomic E-state index is -2.52. The molecule has 0 fully saturated rings. The molecule has 5 nitrogen and oxygen atoms in total. The van der Waals surface area contributed by atoms with Gasteiger partial charge in [0.2, 0.25) is 0 Å². The summed E-state index contributed by atoms with van der Waals surface area (Å²) in [5, 5.41) is 0. The molecule has 0 saturated carbocycles. The molecule has 0 heterocycles. The van der Waals surface area contributed by atoms with Crippen molar-refractivity contribution >= 4 is 20.0 Å². The Labute approximate surface area is 179 Å². The Morgan fingerprint density at radius 1 is 0.714 bits per heavy atom. The molecule has 0 aromatic carbocycles. The van der Waals surface area contributed by atoms with Crippen LogP contribution in [0.5, 0.6) is 0 Å². The lowest BCUT2D eigenvalue weighted by atomic mass is 10.0. The minimum absolute atomic E-state index is 0.231. The highest BCUT2D eigenvalue weighted by Gasteiger charge is 2.00. The fraction of sp³-hybridized carbons (Fsp3) is 1.00. The third-order valence-corrected chi connectivity index (χ3v) is 6.47. The predicted molar refractivity (Wildman–Crippen MR) is 123 cm³/mol. The van der Waals surface area contributed by atoms with Crippen LogP contribution >= 0.6 is 20.0 Å². The van der Waals surface area contributed by atoms with E-state index in [1.165, 1.54) is 95.6 Å². The van der Waals surface area contributed by atoms with Crippen LogP contribution in [0.3, 0.4) is 0 Å². The second-order valence-electron chi connectivity index (χ2n) is 7.35. The van der Waals surface area contributed by atoms with Gasteiger partial charge >= 0.3 is 8.25 Å². The van der Waals surface area contributed by atoms with Gasteiger partial charge in [-0.25, -0.2) is 4.89 Å². The van der Waals surface area contributed by atoms with Crippen LogP contribution in [0.1, 0.15) is 103 Å². The van der Waals surface area contributed by atoms with Gasteiger partial charge in [-0.05, 0) is 24.3 Å². The van der Waals surface area contributed by atoms with Crippen LogP contribution in [-0.4, -0.2) is 31.3 Å². The van der Waals surface area contributed by atoms with Crippen molar-refractivity contribution in [2.45, 2.75) is 103 Å². The number of hydrogen-bond donors (Lipinski definition) is 1. The molecule has 0 aromatic heterocycles. The van der Waals surface area contributed by atoms with E-state index in [1.807, 2.05) is 11.8 Å². The highest BCUT2D eigenvalue weighted by molar-refractivity contribution is 7.99. The summed E-state index contributed by atoms with van der Waals surface area (Å²) in [6.07, 6.45) is 20.5. The average Bonchev–Trinajstić information content (AvgIpc) is 2.70. The Hall–Kier alpha value is 0.420. The van der Waals surface area contributed by atoms with Gasteiger partial charge in [-0.2, -0.15) is 16.4 Å². The van der Waals surface area contributed by atoms with Gasteiger partial charge in [-0.3, -0.25) is 4.57 Å². The standard InChI is InChI=1S/C21H46NO4PS/c1-2-3-4-5-6-7-8-9-10-11-12-13-14-15-20-28-21-16-18-25-27(23)26-24-19-17-22/h27H,2-22H2,1H3. The molecule has 0 aliphatic carbocycles. The molecule has 2 N–H and O–H groups in total. The maximum atomic E-state index is 11.3. The largest absolute Gasteiger partial charge is 0.347 e. The maximum Gasteiger partial charge on any atom is 0.347 e.